The molecule has 0 spiro atoms. The van der Waals surface area contributed by atoms with Gasteiger partial charge in [0, 0.05) is 31.4 Å². The van der Waals surface area contributed by atoms with Gasteiger partial charge in [-0.05, 0) is 28.8 Å². The quantitative estimate of drug-likeness (QED) is 0.639. The molecule has 0 radical (unpaired) electrons. The zero-order valence-corrected chi connectivity index (χ0v) is 17.2. The Kier molecular flexibility index (Phi) is 6.04. The van der Waals surface area contributed by atoms with Gasteiger partial charge in [-0.2, -0.15) is 0 Å². The number of amides is 1. The second-order valence-corrected chi connectivity index (χ2v) is 7.50. The maximum absolute atomic E-state index is 12.7. The van der Waals surface area contributed by atoms with Crippen LogP contribution in [0.15, 0.2) is 65.7 Å². The molecule has 1 amide bonds. The highest BCUT2D eigenvalue weighted by molar-refractivity contribution is 5.94. The minimum absolute atomic E-state index is 0.0296. The van der Waals surface area contributed by atoms with Crippen LogP contribution in [0, 0.1) is 0 Å². The van der Waals surface area contributed by atoms with Crippen LogP contribution in [-0.2, 0) is 11.3 Å². The van der Waals surface area contributed by atoms with Crippen LogP contribution < -0.4 is 5.43 Å². The van der Waals surface area contributed by atoms with Crippen LogP contribution in [0.4, 0.5) is 0 Å². The third-order valence-electron chi connectivity index (χ3n) is 5.40. The van der Waals surface area contributed by atoms with E-state index in [1.165, 1.54) is 17.0 Å². The number of nitrogens with zero attached hydrogens (tertiary/aromatic N) is 2. The van der Waals surface area contributed by atoms with E-state index in [2.05, 4.69) is 0 Å². The third-order valence-corrected chi connectivity index (χ3v) is 5.40. The summed E-state index contributed by atoms with van der Waals surface area (Å²) in [7, 11) is 0. The van der Waals surface area contributed by atoms with E-state index in [1.807, 2.05) is 36.4 Å². The standard InChI is InChI=1S/C24H22N2O6/c27-21-15-25(14-20(22(21)28)24(30)31)13-18-3-1-2-4-19(18)16-5-7-17(8-6-16)23(29)26-9-11-32-12-10-26/h1-8,14-15,27H,9-13H2,(H,30,31). The largest absolute Gasteiger partial charge is 0.503 e. The molecule has 8 nitrogen and oxygen atoms in total. The van der Waals surface area contributed by atoms with Gasteiger partial charge < -0.3 is 24.4 Å². The number of benzene rings is 2. The van der Waals surface area contributed by atoms with Gasteiger partial charge in [0.05, 0.1) is 19.4 Å². The van der Waals surface area contributed by atoms with E-state index < -0.39 is 22.7 Å². The first kappa shape index (κ1) is 21.3. The van der Waals surface area contributed by atoms with Gasteiger partial charge in [-0.3, -0.25) is 9.59 Å². The number of carbonyl (C=O) groups excluding carboxylic acids is 1. The molecule has 0 bridgehead atoms. The summed E-state index contributed by atoms with van der Waals surface area (Å²) in [6.07, 6.45) is 2.43. The SMILES string of the molecule is O=C(O)c1cn(Cc2ccccc2-c2ccc(C(=O)N3CCOCC3)cc2)cc(O)c1=O. The van der Waals surface area contributed by atoms with Crippen molar-refractivity contribution in [3.05, 3.63) is 87.8 Å². The first-order valence-electron chi connectivity index (χ1n) is 10.2. The fourth-order valence-electron chi connectivity index (χ4n) is 3.74. The molecule has 2 heterocycles. The zero-order chi connectivity index (χ0) is 22.7. The van der Waals surface area contributed by atoms with Crippen LogP contribution >= 0.6 is 0 Å². The third kappa shape index (κ3) is 4.40. The lowest BCUT2D eigenvalue weighted by molar-refractivity contribution is 0.0303. The smallest absolute Gasteiger partial charge is 0.341 e. The number of carboxylic acid groups (broad SMARTS) is 1. The molecule has 1 saturated heterocycles. The first-order valence-corrected chi connectivity index (χ1v) is 10.2. The summed E-state index contributed by atoms with van der Waals surface area (Å²) in [5.74, 6) is -2.04. The molecule has 1 fully saturated rings. The summed E-state index contributed by atoms with van der Waals surface area (Å²) in [5.41, 5.74) is 1.84. The van der Waals surface area contributed by atoms with E-state index in [1.54, 1.807) is 17.0 Å². The molecule has 0 atom stereocenters. The van der Waals surface area contributed by atoms with Gasteiger partial charge in [0.15, 0.2) is 5.75 Å². The van der Waals surface area contributed by atoms with Crippen LogP contribution in [0.3, 0.4) is 0 Å². The molecular formula is C24H22N2O6. The average Bonchev–Trinajstić information content (AvgIpc) is 2.82. The highest BCUT2D eigenvalue weighted by Crippen LogP contribution is 2.25. The number of pyridine rings is 1. The van der Waals surface area contributed by atoms with E-state index in [-0.39, 0.29) is 12.5 Å². The normalized spacial score (nSPS) is 13.7. The van der Waals surface area contributed by atoms with Gasteiger partial charge in [-0.15, -0.1) is 0 Å². The van der Waals surface area contributed by atoms with E-state index in [0.29, 0.717) is 31.9 Å². The van der Waals surface area contributed by atoms with Crippen molar-refractivity contribution in [3.8, 4) is 16.9 Å². The fraction of sp³-hybridized carbons (Fsp3) is 0.208. The van der Waals surface area contributed by atoms with Crippen molar-refractivity contribution in [3.63, 3.8) is 0 Å². The molecule has 8 heteroatoms. The Bertz CT molecular complexity index is 1210. The molecule has 164 valence electrons. The number of aromatic carboxylic acids is 1. The van der Waals surface area contributed by atoms with Crippen LogP contribution in [0.5, 0.6) is 5.75 Å². The lowest BCUT2D eigenvalue weighted by Gasteiger charge is -2.26. The second-order valence-electron chi connectivity index (χ2n) is 7.50. The molecule has 3 aromatic rings. The molecule has 32 heavy (non-hydrogen) atoms. The fourth-order valence-corrected chi connectivity index (χ4v) is 3.74. The van der Waals surface area contributed by atoms with Crippen LogP contribution in [0.25, 0.3) is 11.1 Å². The number of aromatic hydroxyl groups is 1. The van der Waals surface area contributed by atoms with Gasteiger partial charge in [-0.25, -0.2) is 4.79 Å². The van der Waals surface area contributed by atoms with Crippen LogP contribution in [0.1, 0.15) is 26.3 Å². The summed E-state index contributed by atoms with van der Waals surface area (Å²) in [4.78, 5) is 37.6. The van der Waals surface area contributed by atoms with Crippen molar-refractivity contribution in [1.82, 2.24) is 9.47 Å². The highest BCUT2D eigenvalue weighted by Gasteiger charge is 2.19. The first-order chi connectivity index (χ1) is 15.4. The predicted octanol–water partition coefficient (Wildman–Crippen LogP) is 2.44. The van der Waals surface area contributed by atoms with Gasteiger partial charge in [0.25, 0.3) is 5.91 Å². The monoisotopic (exact) mass is 434 g/mol. The Morgan fingerprint density at radius 1 is 0.969 bits per heavy atom. The topological polar surface area (TPSA) is 109 Å². The number of aromatic nitrogens is 1. The summed E-state index contributed by atoms with van der Waals surface area (Å²) in [6.45, 7) is 2.49. The molecule has 1 aromatic heterocycles. The van der Waals surface area contributed by atoms with Gasteiger partial charge in [-0.1, -0.05) is 36.4 Å². The molecule has 0 unspecified atom stereocenters. The van der Waals surface area contributed by atoms with Crippen molar-refractivity contribution in [2.45, 2.75) is 6.54 Å². The minimum Gasteiger partial charge on any atom is -0.503 e. The summed E-state index contributed by atoms with van der Waals surface area (Å²) >= 11 is 0. The lowest BCUT2D eigenvalue weighted by atomic mass is 9.98. The molecule has 2 aromatic carbocycles. The molecule has 4 rings (SSSR count). The van der Waals surface area contributed by atoms with E-state index in [0.717, 1.165) is 16.7 Å². The highest BCUT2D eigenvalue weighted by atomic mass is 16.5. The number of hydrogen-bond acceptors (Lipinski definition) is 5. The maximum Gasteiger partial charge on any atom is 0.341 e. The van der Waals surface area contributed by atoms with Crippen LogP contribution in [0.2, 0.25) is 0 Å². The Labute approximate surface area is 183 Å². The summed E-state index contributed by atoms with van der Waals surface area (Å²) in [5, 5.41) is 19.1. The van der Waals surface area contributed by atoms with E-state index in [9.17, 15) is 24.6 Å². The minimum atomic E-state index is -1.39. The van der Waals surface area contributed by atoms with Crippen molar-refractivity contribution in [2.75, 3.05) is 26.3 Å². The maximum atomic E-state index is 12.7. The number of carboxylic acids is 1. The Morgan fingerprint density at radius 3 is 2.34 bits per heavy atom. The number of ether oxygens (including phenoxy) is 1. The number of carbonyl (C=O) groups is 2. The van der Waals surface area contributed by atoms with Crippen molar-refractivity contribution < 1.29 is 24.5 Å². The summed E-state index contributed by atoms with van der Waals surface area (Å²) in [6, 6.07) is 14.9. The van der Waals surface area contributed by atoms with Crippen molar-refractivity contribution in [1.29, 1.82) is 0 Å². The van der Waals surface area contributed by atoms with Crippen molar-refractivity contribution in [2.24, 2.45) is 0 Å². The number of morpholine rings is 1. The van der Waals surface area contributed by atoms with E-state index in [4.69, 9.17) is 4.74 Å². The van der Waals surface area contributed by atoms with Crippen LogP contribution in [-0.4, -0.2) is 57.9 Å². The average molecular weight is 434 g/mol. The molecular weight excluding hydrogens is 412 g/mol. The lowest BCUT2D eigenvalue weighted by Crippen LogP contribution is -2.40. The second kappa shape index (κ2) is 9.07. The Morgan fingerprint density at radius 2 is 1.66 bits per heavy atom. The van der Waals surface area contributed by atoms with Gasteiger partial charge in [0.2, 0.25) is 5.43 Å². The van der Waals surface area contributed by atoms with Gasteiger partial charge in [0.1, 0.15) is 5.56 Å². The summed E-state index contributed by atoms with van der Waals surface area (Å²) < 4.78 is 6.77. The Balaban J connectivity index is 1.61. The molecule has 1 aliphatic heterocycles. The molecule has 2 N–H and O–H groups in total. The molecule has 0 saturated carbocycles. The van der Waals surface area contributed by atoms with Crippen molar-refractivity contribution >= 4 is 11.9 Å². The van der Waals surface area contributed by atoms with E-state index >= 15 is 0 Å². The number of hydrogen-bond donors (Lipinski definition) is 2. The predicted molar refractivity (Wildman–Crippen MR) is 117 cm³/mol. The van der Waals surface area contributed by atoms with Gasteiger partial charge >= 0.3 is 5.97 Å². The molecule has 0 aliphatic carbocycles. The zero-order valence-electron chi connectivity index (χ0n) is 17.2. The Hall–Kier alpha value is -3.91. The number of rotatable bonds is 5. The molecule has 1 aliphatic rings.